The molecule has 0 fully saturated rings. The number of methoxy groups -OCH3 is 1. The summed E-state index contributed by atoms with van der Waals surface area (Å²) in [7, 11) is 1.41. The fourth-order valence-corrected chi connectivity index (χ4v) is 1.86. The van der Waals surface area contributed by atoms with Crippen LogP contribution in [0.4, 0.5) is 10.5 Å². The van der Waals surface area contributed by atoms with Crippen LogP contribution in [0.5, 0.6) is 5.75 Å². The van der Waals surface area contributed by atoms with Gasteiger partial charge < -0.3 is 25.2 Å². The van der Waals surface area contributed by atoms with Gasteiger partial charge in [-0.1, -0.05) is 15.9 Å². The van der Waals surface area contributed by atoms with E-state index < -0.39 is 31.1 Å². The van der Waals surface area contributed by atoms with E-state index in [1.807, 2.05) is 0 Å². The molecule has 0 saturated carbocycles. The molecule has 2 amide bonds. The standard InChI is InChI=1S/C12H13BrN2O6/c1-21-9-3-2-7(13)4-8(9)14-12(20)15(5-10(16)17)6-11(18)19/h2-4H,5-6H2,1H3,(H,14,20)(H,16,17)(H,18,19). The highest BCUT2D eigenvalue weighted by Gasteiger charge is 2.20. The van der Waals surface area contributed by atoms with Crippen LogP contribution in [0.2, 0.25) is 0 Å². The van der Waals surface area contributed by atoms with Gasteiger partial charge in [0.15, 0.2) is 0 Å². The number of aliphatic carboxylic acids is 2. The number of carbonyl (C=O) groups is 3. The van der Waals surface area contributed by atoms with Gasteiger partial charge in [0, 0.05) is 4.47 Å². The number of hydrogen-bond donors (Lipinski definition) is 3. The van der Waals surface area contributed by atoms with Crippen molar-refractivity contribution in [1.82, 2.24) is 4.90 Å². The smallest absolute Gasteiger partial charge is 0.323 e. The van der Waals surface area contributed by atoms with Gasteiger partial charge in [0.1, 0.15) is 18.8 Å². The third-order valence-corrected chi connectivity index (χ3v) is 2.84. The maximum atomic E-state index is 12.0. The molecule has 0 aliphatic rings. The first-order valence-corrected chi connectivity index (χ1v) is 6.46. The SMILES string of the molecule is COc1ccc(Br)cc1NC(=O)N(CC(=O)O)CC(=O)O. The van der Waals surface area contributed by atoms with Crippen LogP contribution in [0, 0.1) is 0 Å². The first kappa shape index (κ1) is 16.8. The van der Waals surface area contributed by atoms with Crippen molar-refractivity contribution in [3.05, 3.63) is 22.7 Å². The second-order valence-electron chi connectivity index (χ2n) is 3.92. The molecule has 0 saturated heterocycles. The molecule has 0 heterocycles. The maximum Gasteiger partial charge on any atom is 0.323 e. The normalized spacial score (nSPS) is 9.81. The van der Waals surface area contributed by atoms with Crippen LogP contribution in [0.3, 0.4) is 0 Å². The number of ether oxygens (including phenoxy) is 1. The van der Waals surface area contributed by atoms with Gasteiger partial charge in [-0.2, -0.15) is 0 Å². The molecule has 0 bridgehead atoms. The summed E-state index contributed by atoms with van der Waals surface area (Å²) in [4.78, 5) is 34.0. The van der Waals surface area contributed by atoms with Crippen LogP contribution in [0.25, 0.3) is 0 Å². The highest BCUT2D eigenvalue weighted by Crippen LogP contribution is 2.28. The largest absolute Gasteiger partial charge is 0.495 e. The summed E-state index contributed by atoms with van der Waals surface area (Å²) in [6, 6.07) is 3.99. The zero-order valence-corrected chi connectivity index (χ0v) is 12.6. The number of amides is 2. The number of nitrogens with zero attached hydrogens (tertiary/aromatic N) is 1. The van der Waals surface area contributed by atoms with Gasteiger partial charge >= 0.3 is 18.0 Å². The van der Waals surface area contributed by atoms with Gasteiger partial charge in [0.25, 0.3) is 0 Å². The van der Waals surface area contributed by atoms with E-state index in [-0.39, 0.29) is 5.69 Å². The number of halogens is 1. The Labute approximate surface area is 128 Å². The number of urea groups is 1. The Morgan fingerprint density at radius 3 is 2.29 bits per heavy atom. The molecule has 21 heavy (non-hydrogen) atoms. The third-order valence-electron chi connectivity index (χ3n) is 2.34. The van der Waals surface area contributed by atoms with Crippen molar-refractivity contribution in [2.24, 2.45) is 0 Å². The van der Waals surface area contributed by atoms with Gasteiger partial charge in [-0.3, -0.25) is 9.59 Å². The molecule has 0 unspecified atom stereocenters. The number of carboxylic acids is 2. The Morgan fingerprint density at radius 2 is 1.81 bits per heavy atom. The molecule has 0 radical (unpaired) electrons. The molecule has 0 aliphatic heterocycles. The van der Waals surface area contributed by atoms with Crippen molar-refractivity contribution >= 4 is 39.6 Å². The average Bonchev–Trinajstić information content (AvgIpc) is 2.37. The number of hydrogen-bond acceptors (Lipinski definition) is 4. The quantitative estimate of drug-likeness (QED) is 0.707. The monoisotopic (exact) mass is 360 g/mol. The number of carbonyl (C=O) groups excluding carboxylic acids is 1. The van der Waals surface area contributed by atoms with E-state index in [4.69, 9.17) is 14.9 Å². The van der Waals surface area contributed by atoms with Crippen molar-refractivity contribution in [3.8, 4) is 5.75 Å². The van der Waals surface area contributed by atoms with Crippen molar-refractivity contribution < 1.29 is 29.3 Å². The molecule has 114 valence electrons. The molecule has 1 rings (SSSR count). The van der Waals surface area contributed by atoms with E-state index in [1.165, 1.54) is 7.11 Å². The lowest BCUT2D eigenvalue weighted by molar-refractivity contribution is -0.140. The molecule has 0 spiro atoms. The van der Waals surface area contributed by atoms with E-state index in [2.05, 4.69) is 21.2 Å². The number of rotatable bonds is 6. The Balaban J connectivity index is 2.92. The van der Waals surface area contributed by atoms with Gasteiger partial charge in [-0.05, 0) is 18.2 Å². The highest BCUT2D eigenvalue weighted by molar-refractivity contribution is 9.10. The lowest BCUT2D eigenvalue weighted by Gasteiger charge is -2.20. The van der Waals surface area contributed by atoms with E-state index in [0.717, 1.165) is 0 Å². The van der Waals surface area contributed by atoms with Crippen LogP contribution in [-0.2, 0) is 9.59 Å². The molecular weight excluding hydrogens is 348 g/mol. The number of anilines is 1. The minimum absolute atomic E-state index is 0.289. The minimum atomic E-state index is -1.31. The average molecular weight is 361 g/mol. The number of carboxylic acid groups (broad SMARTS) is 2. The fourth-order valence-electron chi connectivity index (χ4n) is 1.50. The van der Waals surface area contributed by atoms with Gasteiger partial charge in [0.2, 0.25) is 0 Å². The number of benzene rings is 1. The summed E-state index contributed by atoms with van der Waals surface area (Å²) < 4.78 is 5.72. The molecular formula is C12H13BrN2O6. The molecule has 0 aromatic heterocycles. The second-order valence-corrected chi connectivity index (χ2v) is 4.83. The lowest BCUT2D eigenvalue weighted by Crippen LogP contribution is -2.42. The van der Waals surface area contributed by atoms with Crippen LogP contribution in [0.15, 0.2) is 22.7 Å². The molecule has 3 N–H and O–H groups in total. The summed E-state index contributed by atoms with van der Waals surface area (Å²) in [6.07, 6.45) is 0. The summed E-state index contributed by atoms with van der Waals surface area (Å²) >= 11 is 3.22. The van der Waals surface area contributed by atoms with Crippen LogP contribution in [-0.4, -0.2) is 53.3 Å². The molecule has 0 atom stereocenters. The van der Waals surface area contributed by atoms with Crippen LogP contribution < -0.4 is 10.1 Å². The Morgan fingerprint density at radius 1 is 1.24 bits per heavy atom. The highest BCUT2D eigenvalue weighted by atomic mass is 79.9. The summed E-state index contributed by atoms with van der Waals surface area (Å²) in [5.74, 6) is -2.27. The van der Waals surface area contributed by atoms with Crippen LogP contribution >= 0.6 is 15.9 Å². The van der Waals surface area contributed by atoms with Crippen LogP contribution in [0.1, 0.15) is 0 Å². The predicted molar refractivity (Wildman–Crippen MR) is 76.6 cm³/mol. The Hall–Kier alpha value is -2.29. The molecule has 1 aromatic rings. The summed E-state index contributed by atoms with van der Waals surface area (Å²) in [5, 5.41) is 19.8. The summed E-state index contributed by atoms with van der Waals surface area (Å²) in [6.45, 7) is -1.46. The van der Waals surface area contributed by atoms with Gasteiger partial charge in [-0.25, -0.2) is 4.79 Å². The molecule has 0 aliphatic carbocycles. The topological polar surface area (TPSA) is 116 Å². The fraction of sp³-hybridized carbons (Fsp3) is 0.250. The van der Waals surface area contributed by atoms with E-state index in [0.29, 0.717) is 15.1 Å². The minimum Gasteiger partial charge on any atom is -0.495 e. The van der Waals surface area contributed by atoms with E-state index in [1.54, 1.807) is 18.2 Å². The Kier molecular flexibility index (Phi) is 5.97. The summed E-state index contributed by atoms with van der Waals surface area (Å²) in [5.41, 5.74) is 0.289. The van der Waals surface area contributed by atoms with Crippen molar-refractivity contribution in [1.29, 1.82) is 0 Å². The van der Waals surface area contributed by atoms with Crippen molar-refractivity contribution in [2.45, 2.75) is 0 Å². The van der Waals surface area contributed by atoms with Crippen molar-refractivity contribution in [2.75, 3.05) is 25.5 Å². The maximum absolute atomic E-state index is 12.0. The predicted octanol–water partition coefficient (Wildman–Crippen LogP) is 1.46. The Bertz CT molecular complexity index is 547. The molecule has 9 heteroatoms. The first-order valence-electron chi connectivity index (χ1n) is 5.66. The van der Waals surface area contributed by atoms with E-state index in [9.17, 15) is 14.4 Å². The van der Waals surface area contributed by atoms with Gasteiger partial charge in [0.05, 0.1) is 12.8 Å². The lowest BCUT2D eigenvalue weighted by atomic mass is 10.3. The number of nitrogens with one attached hydrogen (secondary N) is 1. The second kappa shape index (κ2) is 7.48. The zero-order chi connectivity index (χ0) is 16.0. The third kappa shape index (κ3) is 5.30. The van der Waals surface area contributed by atoms with Gasteiger partial charge in [-0.15, -0.1) is 0 Å². The zero-order valence-electron chi connectivity index (χ0n) is 11.0. The molecule has 8 nitrogen and oxygen atoms in total. The first-order chi connectivity index (χ1) is 9.83. The van der Waals surface area contributed by atoms with Crippen molar-refractivity contribution in [3.63, 3.8) is 0 Å². The molecule has 1 aromatic carbocycles. The van der Waals surface area contributed by atoms with E-state index >= 15 is 0 Å².